The number of aromatic nitrogens is 2. The first kappa shape index (κ1) is 17.3. The van der Waals surface area contributed by atoms with E-state index >= 15 is 0 Å². The van der Waals surface area contributed by atoms with Crippen LogP contribution in [0.4, 0.5) is 4.79 Å². The minimum absolute atomic E-state index is 0.0686. The molecule has 2 aromatic rings. The lowest BCUT2D eigenvalue weighted by Gasteiger charge is -2.23. The number of para-hydroxylation sites is 1. The normalized spacial score (nSPS) is 18.4. The Balaban J connectivity index is 1.63. The molecule has 2 amide bonds. The Labute approximate surface area is 147 Å². The first-order valence-electron chi connectivity index (χ1n) is 8.54. The third kappa shape index (κ3) is 3.75. The first-order chi connectivity index (χ1) is 12.0. The molecule has 7 heteroatoms. The molecule has 1 aromatic heterocycles. The zero-order valence-corrected chi connectivity index (χ0v) is 14.9. The highest BCUT2D eigenvalue weighted by molar-refractivity contribution is 5.74. The fraction of sp³-hybridized carbons (Fsp3) is 0.500. The first-order valence-corrected chi connectivity index (χ1v) is 8.54. The average molecular weight is 344 g/mol. The number of rotatable bonds is 5. The molecule has 1 aromatic carbocycles. The number of aryl methyl sites for hydroxylation is 1. The Morgan fingerprint density at radius 1 is 1.24 bits per heavy atom. The van der Waals surface area contributed by atoms with Gasteiger partial charge in [0.2, 0.25) is 5.89 Å². The second-order valence-corrected chi connectivity index (χ2v) is 6.76. The lowest BCUT2D eigenvalue weighted by Crippen LogP contribution is -2.45. The summed E-state index contributed by atoms with van der Waals surface area (Å²) in [5.74, 6) is 2.12. The molecule has 134 valence electrons. The SMILES string of the molecule is Cc1noc([C@H](NC(=O)N[C@H](C)[C@H]2COc3ccccc32)C(C)C)n1. The number of fused-ring (bicyclic) bond motifs is 1. The number of carbonyl (C=O) groups excluding carboxylic acids is 1. The molecule has 3 atom stereocenters. The van der Waals surface area contributed by atoms with Gasteiger partial charge in [-0.15, -0.1) is 0 Å². The van der Waals surface area contributed by atoms with E-state index in [0.29, 0.717) is 18.3 Å². The summed E-state index contributed by atoms with van der Waals surface area (Å²) in [6, 6.07) is 7.27. The Morgan fingerprint density at radius 3 is 2.68 bits per heavy atom. The largest absolute Gasteiger partial charge is 0.493 e. The number of ether oxygens (including phenoxy) is 1. The van der Waals surface area contributed by atoms with Crippen LogP contribution in [0.1, 0.15) is 50.0 Å². The van der Waals surface area contributed by atoms with Crippen LogP contribution >= 0.6 is 0 Å². The molecule has 2 N–H and O–H groups in total. The Kier molecular flexibility index (Phi) is 4.92. The van der Waals surface area contributed by atoms with Gasteiger partial charge in [0.05, 0.1) is 6.61 Å². The minimum atomic E-state index is -0.333. The summed E-state index contributed by atoms with van der Waals surface area (Å²) in [6.07, 6.45) is 0. The van der Waals surface area contributed by atoms with Crippen molar-refractivity contribution in [3.8, 4) is 5.75 Å². The third-order valence-electron chi connectivity index (χ3n) is 4.46. The smallest absolute Gasteiger partial charge is 0.315 e. The maximum Gasteiger partial charge on any atom is 0.315 e. The fourth-order valence-electron chi connectivity index (χ4n) is 3.04. The molecule has 1 aliphatic heterocycles. The van der Waals surface area contributed by atoms with E-state index in [1.54, 1.807) is 6.92 Å². The lowest BCUT2D eigenvalue weighted by molar-refractivity contribution is 0.218. The van der Waals surface area contributed by atoms with Gasteiger partial charge < -0.3 is 19.9 Å². The quantitative estimate of drug-likeness (QED) is 0.870. The van der Waals surface area contributed by atoms with Crippen molar-refractivity contribution in [1.29, 1.82) is 0 Å². The highest BCUT2D eigenvalue weighted by Gasteiger charge is 2.31. The number of carbonyl (C=O) groups is 1. The van der Waals surface area contributed by atoms with Crippen LogP contribution in [0, 0.1) is 12.8 Å². The fourth-order valence-corrected chi connectivity index (χ4v) is 3.04. The monoisotopic (exact) mass is 344 g/mol. The van der Waals surface area contributed by atoms with E-state index < -0.39 is 0 Å². The summed E-state index contributed by atoms with van der Waals surface area (Å²) in [5, 5.41) is 9.74. The standard InChI is InChI=1S/C18H24N4O3/c1-10(2)16(17-20-12(4)22-25-17)21-18(23)19-11(3)14-9-24-15-8-6-5-7-13(14)15/h5-8,10-11,14,16H,9H2,1-4H3,(H2,19,21,23)/t11-,14-,16-/m1/s1. The van der Waals surface area contributed by atoms with Gasteiger partial charge in [-0.2, -0.15) is 4.98 Å². The predicted octanol–water partition coefficient (Wildman–Crippen LogP) is 2.94. The summed E-state index contributed by atoms with van der Waals surface area (Å²) in [5.41, 5.74) is 1.13. The van der Waals surface area contributed by atoms with Crippen LogP contribution in [0.3, 0.4) is 0 Å². The summed E-state index contributed by atoms with van der Waals surface area (Å²) in [4.78, 5) is 16.7. The maximum atomic E-state index is 12.5. The molecule has 25 heavy (non-hydrogen) atoms. The van der Waals surface area contributed by atoms with Crippen LogP contribution in [0.15, 0.2) is 28.8 Å². The number of hydrogen-bond acceptors (Lipinski definition) is 5. The zero-order valence-electron chi connectivity index (χ0n) is 14.9. The predicted molar refractivity (Wildman–Crippen MR) is 92.4 cm³/mol. The van der Waals surface area contributed by atoms with Crippen LogP contribution in [-0.2, 0) is 0 Å². The summed E-state index contributed by atoms with van der Waals surface area (Å²) >= 11 is 0. The highest BCUT2D eigenvalue weighted by Crippen LogP contribution is 2.35. The number of nitrogens with zero attached hydrogens (tertiary/aromatic N) is 2. The molecule has 7 nitrogen and oxygen atoms in total. The van der Waals surface area contributed by atoms with Gasteiger partial charge in [-0.3, -0.25) is 0 Å². The van der Waals surface area contributed by atoms with Crippen LogP contribution < -0.4 is 15.4 Å². The van der Waals surface area contributed by atoms with Crippen LogP contribution in [0.2, 0.25) is 0 Å². The van der Waals surface area contributed by atoms with Crippen molar-refractivity contribution in [3.63, 3.8) is 0 Å². The van der Waals surface area contributed by atoms with Gasteiger partial charge in [0.15, 0.2) is 5.82 Å². The van der Waals surface area contributed by atoms with Crippen molar-refractivity contribution in [2.45, 2.75) is 45.7 Å². The molecular weight excluding hydrogens is 320 g/mol. The summed E-state index contributed by atoms with van der Waals surface area (Å²) < 4.78 is 10.9. The lowest BCUT2D eigenvalue weighted by atomic mass is 9.94. The molecule has 0 fully saturated rings. The molecule has 0 bridgehead atoms. The summed E-state index contributed by atoms with van der Waals surface area (Å²) in [7, 11) is 0. The number of urea groups is 1. The van der Waals surface area contributed by atoms with Gasteiger partial charge in [-0.25, -0.2) is 4.79 Å². The van der Waals surface area contributed by atoms with E-state index in [9.17, 15) is 4.79 Å². The van der Waals surface area contributed by atoms with E-state index in [4.69, 9.17) is 9.26 Å². The van der Waals surface area contributed by atoms with Crippen molar-refractivity contribution in [2.24, 2.45) is 5.92 Å². The number of amides is 2. The molecule has 1 aliphatic rings. The average Bonchev–Trinajstić information content (AvgIpc) is 3.18. The van der Waals surface area contributed by atoms with Crippen molar-refractivity contribution in [3.05, 3.63) is 41.5 Å². The van der Waals surface area contributed by atoms with Gasteiger partial charge in [0, 0.05) is 17.5 Å². The maximum absolute atomic E-state index is 12.5. The second kappa shape index (κ2) is 7.13. The topological polar surface area (TPSA) is 89.3 Å². The van der Waals surface area contributed by atoms with Crippen molar-refractivity contribution in [2.75, 3.05) is 6.61 Å². The third-order valence-corrected chi connectivity index (χ3v) is 4.46. The molecule has 0 radical (unpaired) electrons. The van der Waals surface area contributed by atoms with Gasteiger partial charge in [0.1, 0.15) is 11.8 Å². The summed E-state index contributed by atoms with van der Waals surface area (Å²) in [6.45, 7) is 8.29. The van der Waals surface area contributed by atoms with Gasteiger partial charge in [-0.05, 0) is 25.8 Å². The van der Waals surface area contributed by atoms with Gasteiger partial charge in [0.25, 0.3) is 0 Å². The Morgan fingerprint density at radius 2 is 2.00 bits per heavy atom. The van der Waals surface area contributed by atoms with Crippen molar-refractivity contribution in [1.82, 2.24) is 20.8 Å². The van der Waals surface area contributed by atoms with Gasteiger partial charge >= 0.3 is 6.03 Å². The number of benzene rings is 1. The van der Waals surface area contributed by atoms with E-state index in [0.717, 1.165) is 11.3 Å². The molecule has 3 rings (SSSR count). The van der Waals surface area contributed by atoms with Crippen LogP contribution in [-0.4, -0.2) is 28.8 Å². The zero-order chi connectivity index (χ0) is 18.0. The van der Waals surface area contributed by atoms with Crippen molar-refractivity contribution >= 4 is 6.03 Å². The molecule has 0 saturated carbocycles. The van der Waals surface area contributed by atoms with E-state index in [1.807, 2.05) is 45.0 Å². The molecule has 0 spiro atoms. The van der Waals surface area contributed by atoms with Crippen LogP contribution in [0.25, 0.3) is 0 Å². The van der Waals surface area contributed by atoms with E-state index in [1.165, 1.54) is 0 Å². The number of nitrogens with one attached hydrogen (secondary N) is 2. The Bertz CT molecular complexity index is 743. The molecule has 0 aliphatic carbocycles. The number of hydrogen-bond donors (Lipinski definition) is 2. The second-order valence-electron chi connectivity index (χ2n) is 6.76. The molecule has 0 unspecified atom stereocenters. The van der Waals surface area contributed by atoms with Crippen molar-refractivity contribution < 1.29 is 14.1 Å². The molecular formula is C18H24N4O3. The van der Waals surface area contributed by atoms with Gasteiger partial charge in [-0.1, -0.05) is 37.2 Å². The molecule has 0 saturated heterocycles. The highest BCUT2D eigenvalue weighted by atomic mass is 16.5. The van der Waals surface area contributed by atoms with E-state index in [2.05, 4.69) is 20.8 Å². The molecule has 2 heterocycles. The Hall–Kier alpha value is -2.57. The minimum Gasteiger partial charge on any atom is -0.493 e. The van der Waals surface area contributed by atoms with E-state index in [-0.39, 0.29) is 30.0 Å². The van der Waals surface area contributed by atoms with Crippen LogP contribution in [0.5, 0.6) is 5.75 Å².